The molecular weight excluding hydrogens is 436 g/mol. The molecule has 1 aliphatic rings. The van der Waals surface area contributed by atoms with Crippen molar-refractivity contribution in [2.75, 3.05) is 56.2 Å². The highest BCUT2D eigenvalue weighted by atomic mass is 79.9. The molecule has 1 fully saturated rings. The summed E-state index contributed by atoms with van der Waals surface area (Å²) in [6, 6.07) is 9.48. The summed E-state index contributed by atoms with van der Waals surface area (Å²) in [6.45, 7) is 8.58. The SMILES string of the molecule is CCOc1ccc(OCC)c(NC(=O)CN2CCN(c3ccc(Br)cn3)CC2)c1. The zero-order valence-electron chi connectivity index (χ0n) is 16.9. The van der Waals surface area contributed by atoms with Crippen LogP contribution in [0, 0.1) is 0 Å². The number of piperazine rings is 1. The molecule has 1 N–H and O–H groups in total. The van der Waals surface area contributed by atoms with Gasteiger partial charge in [-0.2, -0.15) is 0 Å². The third-order valence-corrected chi connectivity index (χ3v) is 5.08. The number of amides is 1. The number of anilines is 2. The number of ether oxygens (including phenoxy) is 2. The summed E-state index contributed by atoms with van der Waals surface area (Å²) in [5.41, 5.74) is 0.639. The first-order chi connectivity index (χ1) is 14.1. The van der Waals surface area contributed by atoms with Crippen LogP contribution in [0.2, 0.25) is 0 Å². The lowest BCUT2D eigenvalue weighted by molar-refractivity contribution is -0.117. The van der Waals surface area contributed by atoms with Gasteiger partial charge in [-0.05, 0) is 54.0 Å². The fourth-order valence-corrected chi connectivity index (χ4v) is 3.46. The fourth-order valence-electron chi connectivity index (χ4n) is 3.23. The summed E-state index contributed by atoms with van der Waals surface area (Å²) < 4.78 is 12.1. The van der Waals surface area contributed by atoms with Crippen molar-refractivity contribution >= 4 is 33.3 Å². The summed E-state index contributed by atoms with van der Waals surface area (Å²) in [7, 11) is 0. The van der Waals surface area contributed by atoms with Crippen molar-refractivity contribution in [3.8, 4) is 11.5 Å². The predicted octanol–water partition coefficient (Wildman–Crippen LogP) is 3.40. The lowest BCUT2D eigenvalue weighted by atomic mass is 10.2. The number of hydrogen-bond acceptors (Lipinski definition) is 6. The van der Waals surface area contributed by atoms with Crippen LogP contribution in [0.15, 0.2) is 41.0 Å². The van der Waals surface area contributed by atoms with E-state index < -0.39 is 0 Å². The Hall–Kier alpha value is -2.32. The molecular formula is C21H27BrN4O3. The molecule has 156 valence electrons. The number of hydrogen-bond donors (Lipinski definition) is 1. The van der Waals surface area contributed by atoms with Crippen LogP contribution in [0.4, 0.5) is 11.5 Å². The normalized spacial score (nSPS) is 14.5. The van der Waals surface area contributed by atoms with Crippen LogP contribution < -0.4 is 19.7 Å². The molecule has 0 saturated carbocycles. The van der Waals surface area contributed by atoms with Crippen LogP contribution in [0.25, 0.3) is 0 Å². The second-order valence-electron chi connectivity index (χ2n) is 6.67. The molecule has 29 heavy (non-hydrogen) atoms. The van der Waals surface area contributed by atoms with Crippen molar-refractivity contribution in [3.05, 3.63) is 41.0 Å². The molecule has 0 spiro atoms. The largest absolute Gasteiger partial charge is 0.494 e. The Morgan fingerprint density at radius 2 is 1.86 bits per heavy atom. The van der Waals surface area contributed by atoms with E-state index in [0.717, 1.165) is 36.5 Å². The molecule has 8 heteroatoms. The fraction of sp³-hybridized carbons (Fsp3) is 0.429. The van der Waals surface area contributed by atoms with E-state index in [0.29, 0.717) is 36.9 Å². The van der Waals surface area contributed by atoms with Gasteiger partial charge in [0.1, 0.15) is 17.3 Å². The number of halogens is 1. The maximum absolute atomic E-state index is 12.6. The lowest BCUT2D eigenvalue weighted by Gasteiger charge is -2.35. The Morgan fingerprint density at radius 3 is 2.52 bits per heavy atom. The molecule has 1 aromatic heterocycles. The highest BCUT2D eigenvalue weighted by Crippen LogP contribution is 2.29. The van der Waals surface area contributed by atoms with E-state index in [1.807, 2.05) is 50.4 Å². The number of carbonyl (C=O) groups is 1. The number of carbonyl (C=O) groups excluding carboxylic acids is 1. The highest BCUT2D eigenvalue weighted by molar-refractivity contribution is 9.10. The second-order valence-corrected chi connectivity index (χ2v) is 7.59. The average molecular weight is 463 g/mol. The van der Waals surface area contributed by atoms with Gasteiger partial charge >= 0.3 is 0 Å². The van der Waals surface area contributed by atoms with Gasteiger partial charge in [-0.15, -0.1) is 0 Å². The van der Waals surface area contributed by atoms with Gasteiger partial charge in [0.15, 0.2) is 0 Å². The molecule has 3 rings (SSSR count). The summed E-state index contributed by atoms with van der Waals surface area (Å²) in [5.74, 6) is 2.26. The van der Waals surface area contributed by atoms with Gasteiger partial charge in [-0.25, -0.2) is 4.98 Å². The lowest BCUT2D eigenvalue weighted by Crippen LogP contribution is -2.48. The summed E-state index contributed by atoms with van der Waals surface area (Å²) >= 11 is 3.41. The highest BCUT2D eigenvalue weighted by Gasteiger charge is 2.20. The summed E-state index contributed by atoms with van der Waals surface area (Å²) in [4.78, 5) is 21.5. The molecule has 0 aliphatic carbocycles. The first-order valence-electron chi connectivity index (χ1n) is 9.87. The smallest absolute Gasteiger partial charge is 0.238 e. The van der Waals surface area contributed by atoms with Gasteiger partial charge in [0.25, 0.3) is 0 Å². The van der Waals surface area contributed by atoms with E-state index >= 15 is 0 Å². The molecule has 2 aromatic rings. The maximum atomic E-state index is 12.6. The van der Waals surface area contributed by atoms with Crippen molar-refractivity contribution in [3.63, 3.8) is 0 Å². The number of aromatic nitrogens is 1. The maximum Gasteiger partial charge on any atom is 0.238 e. The molecule has 0 radical (unpaired) electrons. The Morgan fingerprint density at radius 1 is 1.10 bits per heavy atom. The molecule has 1 amide bonds. The van der Waals surface area contributed by atoms with E-state index in [2.05, 4.69) is 36.0 Å². The minimum atomic E-state index is -0.0604. The summed E-state index contributed by atoms with van der Waals surface area (Å²) in [5, 5.41) is 2.97. The number of benzene rings is 1. The molecule has 2 heterocycles. The van der Waals surface area contributed by atoms with Crippen molar-refractivity contribution < 1.29 is 14.3 Å². The molecule has 7 nitrogen and oxygen atoms in total. The minimum absolute atomic E-state index is 0.0604. The van der Waals surface area contributed by atoms with Crippen LogP contribution in [0.3, 0.4) is 0 Å². The van der Waals surface area contributed by atoms with Gasteiger partial charge < -0.3 is 19.7 Å². The van der Waals surface area contributed by atoms with Gasteiger partial charge in [0.05, 0.1) is 25.4 Å². The van der Waals surface area contributed by atoms with Crippen LogP contribution >= 0.6 is 15.9 Å². The average Bonchev–Trinajstić information content (AvgIpc) is 2.71. The van der Waals surface area contributed by atoms with E-state index in [1.54, 1.807) is 0 Å². The molecule has 1 saturated heterocycles. The number of rotatable bonds is 8. The van der Waals surface area contributed by atoms with Gasteiger partial charge in [0, 0.05) is 42.9 Å². The van der Waals surface area contributed by atoms with Crippen molar-refractivity contribution in [2.45, 2.75) is 13.8 Å². The first kappa shape index (κ1) is 21.4. The summed E-state index contributed by atoms with van der Waals surface area (Å²) in [6.07, 6.45) is 1.81. The predicted molar refractivity (Wildman–Crippen MR) is 118 cm³/mol. The number of nitrogens with zero attached hydrogens (tertiary/aromatic N) is 3. The second kappa shape index (κ2) is 10.5. The van der Waals surface area contributed by atoms with E-state index in [1.165, 1.54) is 0 Å². The molecule has 0 bridgehead atoms. The van der Waals surface area contributed by atoms with Crippen LogP contribution in [-0.2, 0) is 4.79 Å². The van der Waals surface area contributed by atoms with Crippen LogP contribution in [-0.4, -0.2) is 61.7 Å². The molecule has 1 aromatic carbocycles. The van der Waals surface area contributed by atoms with Crippen LogP contribution in [0.5, 0.6) is 11.5 Å². The van der Waals surface area contributed by atoms with Gasteiger partial charge in [0.2, 0.25) is 5.91 Å². The topological polar surface area (TPSA) is 66.9 Å². The Balaban J connectivity index is 1.54. The minimum Gasteiger partial charge on any atom is -0.494 e. The van der Waals surface area contributed by atoms with Gasteiger partial charge in [-0.3, -0.25) is 9.69 Å². The molecule has 0 atom stereocenters. The van der Waals surface area contributed by atoms with Crippen LogP contribution in [0.1, 0.15) is 13.8 Å². The zero-order chi connectivity index (χ0) is 20.6. The van der Waals surface area contributed by atoms with Crippen molar-refractivity contribution in [1.82, 2.24) is 9.88 Å². The molecule has 1 aliphatic heterocycles. The standard InChI is InChI=1S/C21H27BrN4O3/c1-3-28-17-6-7-19(29-4-2)18(13-17)24-21(27)15-25-9-11-26(12-10-25)20-8-5-16(22)14-23-20/h5-8,13-14H,3-4,9-12,15H2,1-2H3,(H,24,27). The monoisotopic (exact) mass is 462 g/mol. The third-order valence-electron chi connectivity index (χ3n) is 4.61. The Bertz CT molecular complexity index is 808. The third kappa shape index (κ3) is 6.08. The van der Waals surface area contributed by atoms with E-state index in [9.17, 15) is 4.79 Å². The quantitative estimate of drug-likeness (QED) is 0.648. The van der Waals surface area contributed by atoms with Crippen molar-refractivity contribution in [2.24, 2.45) is 0 Å². The van der Waals surface area contributed by atoms with E-state index in [4.69, 9.17) is 9.47 Å². The Kier molecular flexibility index (Phi) is 7.71. The molecule has 0 unspecified atom stereocenters. The van der Waals surface area contributed by atoms with E-state index in [-0.39, 0.29) is 5.91 Å². The number of nitrogens with one attached hydrogen (secondary N) is 1. The first-order valence-corrected chi connectivity index (χ1v) is 10.7. The van der Waals surface area contributed by atoms with Gasteiger partial charge in [-0.1, -0.05) is 0 Å². The Labute approximate surface area is 180 Å². The van der Waals surface area contributed by atoms with Crippen molar-refractivity contribution in [1.29, 1.82) is 0 Å². The number of pyridine rings is 1. The zero-order valence-corrected chi connectivity index (χ0v) is 18.4.